The summed E-state index contributed by atoms with van der Waals surface area (Å²) in [6.07, 6.45) is -1.61. The lowest BCUT2D eigenvalue weighted by molar-refractivity contribution is -0.274. The van der Waals surface area contributed by atoms with Crippen LogP contribution >= 0.6 is 0 Å². The molecule has 1 unspecified atom stereocenters. The van der Waals surface area contributed by atoms with Crippen molar-refractivity contribution in [1.82, 2.24) is 19.2 Å². The first-order valence-electron chi connectivity index (χ1n) is 11.7. The third-order valence-electron chi connectivity index (χ3n) is 6.15. The zero-order chi connectivity index (χ0) is 27.8. The fraction of sp³-hybridized carbons (Fsp3) is 0.192. The Balaban J connectivity index is 1.50. The summed E-state index contributed by atoms with van der Waals surface area (Å²) in [4.78, 5) is 5.65. The predicted octanol–water partition coefficient (Wildman–Crippen LogP) is 4.77. The molecule has 1 aromatic heterocycles. The molecule has 1 aliphatic heterocycles. The molecule has 2 heterocycles. The molecule has 9 nitrogen and oxygen atoms in total. The summed E-state index contributed by atoms with van der Waals surface area (Å²) >= 11 is 0. The van der Waals surface area contributed by atoms with Gasteiger partial charge in [0, 0.05) is 26.2 Å². The molecular formula is C26H23F3N6O3S. The molecule has 1 aliphatic rings. The topological polar surface area (TPSA) is 92.9 Å². The Hall–Kier alpha value is -4.39. The van der Waals surface area contributed by atoms with Gasteiger partial charge in [0.15, 0.2) is 0 Å². The average Bonchev–Trinajstić information content (AvgIpc) is 3.60. The van der Waals surface area contributed by atoms with Crippen LogP contribution < -0.4 is 9.64 Å². The summed E-state index contributed by atoms with van der Waals surface area (Å²) in [5, 5.41) is 8.60. The summed E-state index contributed by atoms with van der Waals surface area (Å²) in [7, 11) is -0.430. The van der Waals surface area contributed by atoms with E-state index in [9.17, 15) is 21.6 Å². The van der Waals surface area contributed by atoms with Crippen LogP contribution in [0.25, 0.3) is 5.69 Å². The summed E-state index contributed by atoms with van der Waals surface area (Å²) in [5.74, 6) is -0.518. The number of alkyl halides is 3. The molecule has 1 atom stereocenters. The van der Waals surface area contributed by atoms with Crippen molar-refractivity contribution in [3.05, 3.63) is 96.6 Å². The van der Waals surface area contributed by atoms with E-state index < -0.39 is 28.2 Å². The van der Waals surface area contributed by atoms with E-state index in [4.69, 9.17) is 0 Å². The molecule has 0 N–H and O–H groups in total. The quantitative estimate of drug-likeness (QED) is 0.326. The zero-order valence-electron chi connectivity index (χ0n) is 20.8. The van der Waals surface area contributed by atoms with Gasteiger partial charge >= 0.3 is 6.36 Å². The van der Waals surface area contributed by atoms with Crippen molar-refractivity contribution in [2.24, 2.45) is 5.10 Å². The molecule has 39 heavy (non-hydrogen) atoms. The standard InChI is InChI=1S/C26H23F3N6O3S/c1-33(2)20-7-5-19(6-8-20)25-15-24(18-3-9-21(10-4-18)34-17-30-16-31-34)32-35(25)39(36,37)23-13-11-22(12-14-23)38-26(27,28)29/h3-14,16-17,25H,15H2,1-2H3. The van der Waals surface area contributed by atoms with E-state index in [1.807, 2.05) is 67.5 Å². The van der Waals surface area contributed by atoms with Crippen molar-refractivity contribution in [3.63, 3.8) is 0 Å². The maximum absolute atomic E-state index is 13.7. The van der Waals surface area contributed by atoms with Crippen LogP contribution in [0.2, 0.25) is 0 Å². The minimum atomic E-state index is -4.89. The second-order valence-electron chi connectivity index (χ2n) is 8.94. The summed E-state index contributed by atoms with van der Waals surface area (Å²) < 4.78 is 71.6. The highest BCUT2D eigenvalue weighted by atomic mass is 32.2. The van der Waals surface area contributed by atoms with Gasteiger partial charge in [-0.2, -0.15) is 23.0 Å². The van der Waals surface area contributed by atoms with Crippen molar-refractivity contribution in [1.29, 1.82) is 0 Å². The van der Waals surface area contributed by atoms with Crippen LogP contribution in [0.15, 0.2) is 95.4 Å². The average molecular weight is 557 g/mol. The molecule has 0 saturated heterocycles. The van der Waals surface area contributed by atoms with Crippen molar-refractivity contribution < 1.29 is 26.3 Å². The molecule has 13 heteroatoms. The molecule has 0 bridgehead atoms. The molecule has 3 aromatic carbocycles. The van der Waals surface area contributed by atoms with Gasteiger partial charge in [-0.15, -0.1) is 13.2 Å². The molecule has 5 rings (SSSR count). The molecule has 0 aliphatic carbocycles. The Morgan fingerprint density at radius 2 is 1.62 bits per heavy atom. The van der Waals surface area contributed by atoms with Gasteiger partial charge in [-0.05, 0) is 59.7 Å². The second kappa shape index (κ2) is 10.1. The van der Waals surface area contributed by atoms with E-state index in [-0.39, 0.29) is 4.90 Å². The highest BCUT2D eigenvalue weighted by Gasteiger charge is 2.38. The minimum Gasteiger partial charge on any atom is -0.406 e. The van der Waals surface area contributed by atoms with Crippen LogP contribution in [0.3, 0.4) is 0 Å². The number of ether oxygens (including phenoxy) is 1. The molecule has 0 radical (unpaired) electrons. The zero-order valence-corrected chi connectivity index (χ0v) is 21.6. The fourth-order valence-corrected chi connectivity index (χ4v) is 5.63. The fourth-order valence-electron chi connectivity index (χ4n) is 4.20. The van der Waals surface area contributed by atoms with E-state index >= 15 is 0 Å². The van der Waals surface area contributed by atoms with Gasteiger partial charge in [0.2, 0.25) is 0 Å². The number of hydrogen-bond acceptors (Lipinski definition) is 7. The molecule has 4 aromatic rings. The van der Waals surface area contributed by atoms with E-state index in [2.05, 4.69) is 19.9 Å². The molecule has 0 saturated carbocycles. The molecular weight excluding hydrogens is 533 g/mol. The lowest BCUT2D eigenvalue weighted by atomic mass is 9.99. The lowest BCUT2D eigenvalue weighted by Gasteiger charge is -2.24. The number of benzene rings is 3. The monoisotopic (exact) mass is 556 g/mol. The first-order chi connectivity index (χ1) is 18.5. The number of hydrazone groups is 1. The number of rotatable bonds is 7. The lowest BCUT2D eigenvalue weighted by Crippen LogP contribution is -2.27. The smallest absolute Gasteiger partial charge is 0.406 e. The first kappa shape index (κ1) is 26.2. The van der Waals surface area contributed by atoms with E-state index in [0.29, 0.717) is 12.1 Å². The normalized spacial score (nSPS) is 15.8. The van der Waals surface area contributed by atoms with Crippen LogP contribution in [0.4, 0.5) is 18.9 Å². The molecule has 0 amide bonds. The van der Waals surface area contributed by atoms with Gasteiger partial charge in [-0.25, -0.2) is 9.67 Å². The van der Waals surface area contributed by atoms with Crippen LogP contribution in [-0.2, 0) is 10.0 Å². The van der Waals surface area contributed by atoms with Crippen LogP contribution in [0.5, 0.6) is 5.75 Å². The first-order valence-corrected chi connectivity index (χ1v) is 13.2. The Labute approximate surface area is 222 Å². The second-order valence-corrected chi connectivity index (χ2v) is 10.7. The molecule has 0 spiro atoms. The largest absolute Gasteiger partial charge is 0.573 e. The third kappa shape index (κ3) is 5.58. The maximum Gasteiger partial charge on any atom is 0.573 e. The summed E-state index contributed by atoms with van der Waals surface area (Å²) in [6.45, 7) is 0. The number of nitrogens with zero attached hydrogens (tertiary/aromatic N) is 6. The van der Waals surface area contributed by atoms with Gasteiger partial charge in [-0.1, -0.05) is 24.3 Å². The van der Waals surface area contributed by atoms with Crippen molar-refractivity contribution in [3.8, 4) is 11.4 Å². The Morgan fingerprint density at radius 1 is 0.949 bits per heavy atom. The third-order valence-corrected chi connectivity index (χ3v) is 7.85. The highest BCUT2D eigenvalue weighted by Crippen LogP contribution is 2.38. The van der Waals surface area contributed by atoms with E-state index in [0.717, 1.165) is 51.2 Å². The number of hydrogen-bond donors (Lipinski definition) is 0. The number of sulfonamides is 1. The van der Waals surface area contributed by atoms with Gasteiger partial charge < -0.3 is 9.64 Å². The van der Waals surface area contributed by atoms with Crippen LogP contribution in [-0.4, -0.2) is 53.8 Å². The van der Waals surface area contributed by atoms with Gasteiger partial charge in [0.05, 0.1) is 22.3 Å². The molecule has 0 fully saturated rings. The van der Waals surface area contributed by atoms with E-state index in [1.165, 1.54) is 6.33 Å². The summed E-state index contributed by atoms with van der Waals surface area (Å²) in [5.41, 5.74) is 3.70. The van der Waals surface area contributed by atoms with Crippen LogP contribution in [0, 0.1) is 0 Å². The highest BCUT2D eigenvalue weighted by molar-refractivity contribution is 7.89. The van der Waals surface area contributed by atoms with E-state index in [1.54, 1.807) is 11.0 Å². The SMILES string of the molecule is CN(C)c1ccc(C2CC(c3ccc(-n4cncn4)cc3)=NN2S(=O)(=O)c2ccc(OC(F)(F)F)cc2)cc1. The van der Waals surface area contributed by atoms with Crippen molar-refractivity contribution in [2.45, 2.75) is 23.7 Å². The van der Waals surface area contributed by atoms with Crippen molar-refractivity contribution >= 4 is 21.4 Å². The number of halogens is 3. The number of anilines is 1. The minimum absolute atomic E-state index is 0.210. The van der Waals surface area contributed by atoms with Gasteiger partial charge in [0.1, 0.15) is 18.4 Å². The Kier molecular flexibility index (Phi) is 6.76. The maximum atomic E-state index is 13.7. The summed E-state index contributed by atoms with van der Waals surface area (Å²) in [6, 6.07) is 18.1. The van der Waals surface area contributed by atoms with Crippen LogP contribution in [0.1, 0.15) is 23.6 Å². The van der Waals surface area contributed by atoms with Gasteiger partial charge in [0.25, 0.3) is 10.0 Å². The Bertz CT molecular complexity index is 1570. The molecule has 202 valence electrons. The van der Waals surface area contributed by atoms with Gasteiger partial charge in [-0.3, -0.25) is 0 Å². The predicted molar refractivity (Wildman–Crippen MR) is 138 cm³/mol. The number of aromatic nitrogens is 3. The van der Waals surface area contributed by atoms with Crippen molar-refractivity contribution in [2.75, 3.05) is 19.0 Å². The Morgan fingerprint density at radius 3 is 2.18 bits per heavy atom.